The minimum atomic E-state index is -0.325. The molecule has 3 aromatic carbocycles. The molecule has 1 aromatic heterocycles. The van der Waals surface area contributed by atoms with Crippen LogP contribution in [0.5, 0.6) is 0 Å². The minimum absolute atomic E-state index is 0.0819. The molecule has 2 aliphatic rings. The Bertz CT molecular complexity index is 1800. The van der Waals surface area contributed by atoms with Gasteiger partial charge in [-0.05, 0) is 99.4 Å². The highest BCUT2D eigenvalue weighted by atomic mass is 16.2. The molecule has 3 unspecified atom stereocenters. The van der Waals surface area contributed by atoms with Gasteiger partial charge < -0.3 is 10.2 Å². The van der Waals surface area contributed by atoms with E-state index in [-0.39, 0.29) is 35.4 Å². The van der Waals surface area contributed by atoms with Crippen LogP contribution in [0.15, 0.2) is 78.9 Å². The molecule has 3 heterocycles. The Morgan fingerprint density at radius 3 is 2.34 bits per heavy atom. The van der Waals surface area contributed by atoms with Crippen molar-refractivity contribution in [3.63, 3.8) is 0 Å². The number of amides is 3. The predicted octanol–water partition coefficient (Wildman–Crippen LogP) is 8.38. The molecular weight excluding hydrogens is 584 g/mol. The summed E-state index contributed by atoms with van der Waals surface area (Å²) >= 11 is 0. The molecule has 242 valence electrons. The number of urea groups is 1. The number of aromatic nitrogens is 2. The fourth-order valence-electron chi connectivity index (χ4n) is 7.06. The lowest BCUT2D eigenvalue weighted by molar-refractivity contribution is 0.0524. The summed E-state index contributed by atoms with van der Waals surface area (Å²) < 4.78 is 1.78. The van der Waals surface area contributed by atoms with Gasteiger partial charge >= 0.3 is 6.03 Å². The van der Waals surface area contributed by atoms with Gasteiger partial charge in [0.05, 0.1) is 23.4 Å². The highest BCUT2D eigenvalue weighted by molar-refractivity contribution is 5.99. The average Bonchev–Trinajstić information content (AvgIpc) is 3.59. The highest BCUT2D eigenvalue weighted by Crippen LogP contribution is 2.41. The van der Waals surface area contributed by atoms with Crippen LogP contribution in [0.3, 0.4) is 0 Å². The quantitative estimate of drug-likeness (QED) is 0.215. The Balaban J connectivity index is 1.10. The molecular formula is C39H44N6O2. The van der Waals surface area contributed by atoms with Gasteiger partial charge in [-0.15, -0.1) is 0 Å². The van der Waals surface area contributed by atoms with E-state index in [0.29, 0.717) is 17.3 Å². The normalized spacial score (nSPS) is 19.6. The number of piperidine rings is 1. The Kier molecular flexibility index (Phi) is 8.92. The number of carbonyl (C=O) groups excluding carboxylic acids is 2. The summed E-state index contributed by atoms with van der Waals surface area (Å²) in [5, 5.41) is 20.2. The number of nitriles is 1. The predicted molar refractivity (Wildman–Crippen MR) is 186 cm³/mol. The first-order valence-corrected chi connectivity index (χ1v) is 16.7. The number of aryl methyl sites for hydroxylation is 1. The van der Waals surface area contributed by atoms with E-state index in [9.17, 15) is 14.9 Å². The van der Waals surface area contributed by atoms with Crippen molar-refractivity contribution in [2.45, 2.75) is 90.1 Å². The van der Waals surface area contributed by atoms with Crippen molar-refractivity contribution in [3.8, 4) is 11.8 Å². The van der Waals surface area contributed by atoms with Crippen molar-refractivity contribution in [1.29, 1.82) is 5.26 Å². The zero-order chi connectivity index (χ0) is 33.3. The molecule has 47 heavy (non-hydrogen) atoms. The van der Waals surface area contributed by atoms with Crippen LogP contribution in [0.2, 0.25) is 0 Å². The van der Waals surface area contributed by atoms with Crippen LogP contribution in [0, 0.1) is 24.2 Å². The van der Waals surface area contributed by atoms with Crippen LogP contribution in [-0.4, -0.2) is 38.7 Å². The second-order valence-corrected chi connectivity index (χ2v) is 14.3. The van der Waals surface area contributed by atoms with Crippen molar-refractivity contribution in [2.75, 3.05) is 10.6 Å². The molecule has 2 aliphatic heterocycles. The van der Waals surface area contributed by atoms with E-state index >= 15 is 0 Å². The topological polar surface area (TPSA) is 103 Å². The summed E-state index contributed by atoms with van der Waals surface area (Å²) in [6, 6.07) is 28.0. The van der Waals surface area contributed by atoms with Gasteiger partial charge in [0.15, 0.2) is 0 Å². The van der Waals surface area contributed by atoms with Gasteiger partial charge in [-0.1, -0.05) is 62.7 Å². The zero-order valence-electron chi connectivity index (χ0n) is 28.0. The summed E-state index contributed by atoms with van der Waals surface area (Å²) in [5.74, 6) is 0.907. The first kappa shape index (κ1) is 32.1. The van der Waals surface area contributed by atoms with Crippen LogP contribution in [0.1, 0.15) is 92.0 Å². The Morgan fingerprint density at radius 1 is 0.957 bits per heavy atom. The number of carbonyl (C=O) groups is 2. The van der Waals surface area contributed by atoms with Crippen molar-refractivity contribution >= 4 is 23.4 Å². The maximum absolute atomic E-state index is 13.6. The number of benzene rings is 3. The molecule has 4 aromatic rings. The number of anilines is 2. The van der Waals surface area contributed by atoms with Gasteiger partial charge in [0.25, 0.3) is 5.91 Å². The number of fused-ring (bicyclic) bond motifs is 2. The Hall–Kier alpha value is -4.90. The molecule has 8 heteroatoms. The highest BCUT2D eigenvalue weighted by Gasteiger charge is 2.43. The van der Waals surface area contributed by atoms with Gasteiger partial charge in [-0.25, -0.2) is 9.48 Å². The third-order valence-corrected chi connectivity index (χ3v) is 9.60. The first-order valence-electron chi connectivity index (χ1n) is 16.7. The number of nitrogens with zero attached hydrogens (tertiary/aromatic N) is 4. The summed E-state index contributed by atoms with van der Waals surface area (Å²) in [7, 11) is 0. The molecule has 2 fully saturated rings. The molecule has 0 saturated carbocycles. The number of rotatable bonds is 7. The number of hydrogen-bond donors (Lipinski definition) is 2. The monoisotopic (exact) mass is 628 g/mol. The van der Waals surface area contributed by atoms with E-state index in [1.54, 1.807) is 4.68 Å². The number of nitrogens with one attached hydrogen (secondary N) is 2. The summed E-state index contributed by atoms with van der Waals surface area (Å²) in [6.45, 7) is 10.2. The van der Waals surface area contributed by atoms with E-state index in [2.05, 4.69) is 54.5 Å². The largest absolute Gasteiger partial charge is 0.333 e. The zero-order valence-corrected chi connectivity index (χ0v) is 28.0. The fourth-order valence-corrected chi connectivity index (χ4v) is 7.06. The standard InChI is InChI=1S/C39H44N6O2/c1-25-12-14-32(15-13-25)45-36(23-35(43-45)39(3,4)5)42-38(47)41-31-11-6-8-27(19-31)18-28-20-33-16-17-34(21-28)44(33)37(46)30-10-7-9-29(22-30)26(2)24-40/h6-15,19,22-23,26,28,33-34H,16-18,20-21H2,1-5H3,(H2,41,42,47). The molecule has 2 saturated heterocycles. The maximum atomic E-state index is 13.6. The minimum Gasteiger partial charge on any atom is -0.333 e. The van der Waals surface area contributed by atoms with E-state index in [0.717, 1.165) is 60.3 Å². The van der Waals surface area contributed by atoms with Gasteiger partial charge in [-0.2, -0.15) is 10.4 Å². The number of hydrogen-bond acceptors (Lipinski definition) is 4. The van der Waals surface area contributed by atoms with E-state index in [4.69, 9.17) is 5.10 Å². The summed E-state index contributed by atoms with van der Waals surface area (Å²) in [6.07, 6.45) is 4.89. The summed E-state index contributed by atoms with van der Waals surface area (Å²) in [4.78, 5) is 29.0. The lowest BCUT2D eigenvalue weighted by atomic mass is 9.85. The van der Waals surface area contributed by atoms with E-state index in [1.807, 2.05) is 80.6 Å². The van der Waals surface area contributed by atoms with Crippen LogP contribution in [0.25, 0.3) is 5.69 Å². The molecule has 2 N–H and O–H groups in total. The first-order chi connectivity index (χ1) is 22.5. The third kappa shape index (κ3) is 7.10. The third-order valence-electron chi connectivity index (χ3n) is 9.60. The van der Waals surface area contributed by atoms with Crippen molar-refractivity contribution in [3.05, 3.63) is 107 Å². The van der Waals surface area contributed by atoms with Crippen molar-refractivity contribution < 1.29 is 9.59 Å². The Labute approximate surface area is 277 Å². The second-order valence-electron chi connectivity index (χ2n) is 14.3. The molecule has 2 bridgehead atoms. The van der Waals surface area contributed by atoms with E-state index < -0.39 is 0 Å². The smallest absolute Gasteiger partial charge is 0.324 e. The second kappa shape index (κ2) is 13.1. The van der Waals surface area contributed by atoms with Crippen molar-refractivity contribution in [2.24, 2.45) is 5.92 Å². The van der Waals surface area contributed by atoms with Gasteiger partial charge in [0.2, 0.25) is 0 Å². The molecule has 0 radical (unpaired) electrons. The summed E-state index contributed by atoms with van der Waals surface area (Å²) in [5.41, 5.74) is 6.21. The van der Waals surface area contributed by atoms with Crippen LogP contribution >= 0.6 is 0 Å². The van der Waals surface area contributed by atoms with Crippen molar-refractivity contribution in [1.82, 2.24) is 14.7 Å². The molecule has 3 atom stereocenters. The van der Waals surface area contributed by atoms with Gasteiger partial charge in [0, 0.05) is 34.8 Å². The lowest BCUT2D eigenvalue weighted by Gasteiger charge is -2.39. The lowest BCUT2D eigenvalue weighted by Crippen LogP contribution is -2.46. The Morgan fingerprint density at radius 2 is 1.66 bits per heavy atom. The van der Waals surface area contributed by atoms with Crippen LogP contribution in [-0.2, 0) is 11.8 Å². The van der Waals surface area contributed by atoms with Crippen LogP contribution < -0.4 is 10.6 Å². The molecule has 3 amide bonds. The van der Waals surface area contributed by atoms with E-state index in [1.165, 1.54) is 5.56 Å². The van der Waals surface area contributed by atoms with Gasteiger partial charge in [-0.3, -0.25) is 10.1 Å². The van der Waals surface area contributed by atoms with Gasteiger partial charge in [0.1, 0.15) is 5.82 Å². The average molecular weight is 629 g/mol. The fraction of sp³-hybridized carbons (Fsp3) is 0.385. The molecule has 8 nitrogen and oxygen atoms in total. The van der Waals surface area contributed by atoms with Crippen LogP contribution in [0.4, 0.5) is 16.3 Å². The molecule has 6 rings (SSSR count). The molecule has 0 spiro atoms. The molecule has 0 aliphatic carbocycles. The SMILES string of the molecule is Cc1ccc(-n2nc(C(C)(C)C)cc2NC(=O)Nc2cccc(CC3CC4CCC(C3)N4C(=O)c3cccc(C(C)C#N)c3)c2)cc1. The maximum Gasteiger partial charge on any atom is 0.324 e.